The number of rotatable bonds is 11. The van der Waals surface area contributed by atoms with Gasteiger partial charge in [0, 0.05) is 12.2 Å². The maximum atomic E-state index is 13.1. The fourth-order valence-electron chi connectivity index (χ4n) is 1.91. The van der Waals surface area contributed by atoms with Gasteiger partial charge in [0.1, 0.15) is 23.3 Å². The quantitative estimate of drug-likeness (QED) is 0.148. The van der Waals surface area contributed by atoms with Crippen molar-refractivity contribution in [2.75, 3.05) is 5.75 Å². The van der Waals surface area contributed by atoms with E-state index in [9.17, 15) is 24.3 Å². The van der Waals surface area contributed by atoms with E-state index in [2.05, 4.69) is 0 Å². The minimum absolute atomic E-state index is 0.0662. The molecule has 10 nitrogen and oxygen atoms in total. The molecule has 12 heteroatoms. The van der Waals surface area contributed by atoms with E-state index in [0.717, 1.165) is 21.6 Å². The summed E-state index contributed by atoms with van der Waals surface area (Å²) < 4.78 is 8.72. The summed E-state index contributed by atoms with van der Waals surface area (Å²) in [6.45, 7) is 9.62. The molecule has 0 rings (SSSR count). The molecule has 0 radical (unpaired) electrons. The van der Waals surface area contributed by atoms with Crippen LogP contribution in [0.25, 0.3) is 0 Å². The van der Waals surface area contributed by atoms with Gasteiger partial charge in [-0.15, -0.1) is 0 Å². The van der Waals surface area contributed by atoms with Gasteiger partial charge in [-0.3, -0.25) is 9.59 Å². The zero-order valence-electron chi connectivity index (χ0n) is 18.1. The summed E-state index contributed by atoms with van der Waals surface area (Å²) in [7, 11) is 1.73. The Bertz CT molecular complexity index is 615. The normalized spacial score (nSPS) is 14.5. The van der Waals surface area contributed by atoms with E-state index in [0.29, 0.717) is 0 Å². The topological polar surface area (TPSA) is 179 Å². The first-order valence-corrected chi connectivity index (χ1v) is 11.5. The number of nitrogens with two attached hydrogens (primary N) is 2. The molecular weight excluding hydrogens is 436 g/mol. The summed E-state index contributed by atoms with van der Waals surface area (Å²) >= 11 is 0. The molecule has 0 aliphatic heterocycles. The zero-order valence-corrected chi connectivity index (χ0v) is 19.7. The molecule has 2 atom stereocenters. The highest BCUT2D eigenvalue weighted by molar-refractivity contribution is 8.77. The van der Waals surface area contributed by atoms with Gasteiger partial charge in [0.25, 0.3) is 0 Å². The number of hydrogen-bond acceptors (Lipinski definition) is 10. The van der Waals surface area contributed by atoms with Crippen LogP contribution in [-0.2, 0) is 28.7 Å². The van der Waals surface area contributed by atoms with Gasteiger partial charge in [0.05, 0.1) is 0 Å². The zero-order chi connectivity index (χ0) is 23.9. The van der Waals surface area contributed by atoms with Crippen molar-refractivity contribution >= 4 is 45.5 Å². The van der Waals surface area contributed by atoms with Gasteiger partial charge in [-0.05, 0) is 48.0 Å². The molecule has 0 saturated carbocycles. The third kappa shape index (κ3) is 10.0. The first-order valence-electron chi connectivity index (χ1n) is 9.15. The van der Waals surface area contributed by atoms with Crippen molar-refractivity contribution in [3.05, 3.63) is 0 Å². The fraction of sp³-hybridized carbons (Fsp3) is 0.778. The maximum absolute atomic E-state index is 13.1. The van der Waals surface area contributed by atoms with Crippen LogP contribution in [0.15, 0.2) is 0 Å². The monoisotopic (exact) mass is 468 g/mol. The molecular formula is C18H32N2O8S2. The molecule has 30 heavy (non-hydrogen) atoms. The summed E-state index contributed by atoms with van der Waals surface area (Å²) in [5.41, 5.74) is 9.20. The van der Waals surface area contributed by atoms with Crippen molar-refractivity contribution in [1.82, 2.24) is 0 Å². The average Bonchev–Trinajstić information content (AvgIpc) is 2.53. The first-order chi connectivity index (χ1) is 13.4. The molecule has 0 amide bonds. The molecule has 0 saturated heterocycles. The van der Waals surface area contributed by atoms with Crippen molar-refractivity contribution in [2.24, 2.45) is 11.5 Å². The SMILES string of the molecule is CC(C)(C)OC(=O)C(C[C@H](N)C(=O)O)(SSCC[C@H](N)C(=O)O)C(=O)OC(C)(C)C. The molecule has 0 spiro atoms. The van der Waals surface area contributed by atoms with Crippen LogP contribution in [0.5, 0.6) is 0 Å². The van der Waals surface area contributed by atoms with Crippen LogP contribution >= 0.6 is 21.6 Å². The summed E-state index contributed by atoms with van der Waals surface area (Å²) in [6, 6.07) is -2.66. The highest BCUT2D eigenvalue weighted by atomic mass is 33.1. The number of carbonyl (C=O) groups excluding carboxylic acids is 2. The minimum Gasteiger partial charge on any atom is -0.480 e. The summed E-state index contributed by atoms with van der Waals surface area (Å²) in [5, 5.41) is 18.1. The molecule has 0 aromatic rings. The Morgan fingerprint density at radius 1 is 0.833 bits per heavy atom. The van der Waals surface area contributed by atoms with Crippen molar-refractivity contribution < 1.29 is 38.9 Å². The smallest absolute Gasteiger partial charge is 0.335 e. The van der Waals surface area contributed by atoms with Crippen molar-refractivity contribution in [3.63, 3.8) is 0 Å². The Kier molecular flexibility index (Phi) is 10.7. The Hall–Kier alpha value is -1.50. The Labute approximate surface area is 184 Å². The lowest BCUT2D eigenvalue weighted by Crippen LogP contribution is -2.53. The van der Waals surface area contributed by atoms with E-state index in [1.54, 1.807) is 41.5 Å². The maximum Gasteiger partial charge on any atom is 0.335 e. The molecule has 0 aromatic carbocycles. The molecule has 0 heterocycles. The molecule has 174 valence electrons. The lowest BCUT2D eigenvalue weighted by Gasteiger charge is -2.34. The first kappa shape index (κ1) is 28.5. The van der Waals surface area contributed by atoms with Gasteiger partial charge in [-0.25, -0.2) is 9.59 Å². The summed E-state index contributed by atoms with van der Waals surface area (Å²) in [5.74, 6) is -4.38. The number of aliphatic carboxylic acids is 2. The van der Waals surface area contributed by atoms with Crippen LogP contribution < -0.4 is 11.5 Å². The van der Waals surface area contributed by atoms with Gasteiger partial charge in [-0.1, -0.05) is 21.6 Å². The number of esters is 2. The van der Waals surface area contributed by atoms with E-state index in [4.69, 9.17) is 26.0 Å². The van der Waals surface area contributed by atoms with Gasteiger partial charge >= 0.3 is 23.9 Å². The summed E-state index contributed by atoms with van der Waals surface area (Å²) in [6.07, 6.45) is -0.508. The van der Waals surface area contributed by atoms with Crippen LogP contribution in [-0.4, -0.2) is 67.9 Å². The number of carboxylic acids is 2. The molecule has 0 fully saturated rings. The average molecular weight is 469 g/mol. The van der Waals surface area contributed by atoms with E-state index in [1.807, 2.05) is 0 Å². The molecule has 0 unspecified atom stereocenters. The molecule has 0 aliphatic rings. The largest absolute Gasteiger partial charge is 0.480 e. The number of carboxylic acid groups (broad SMARTS) is 2. The second kappa shape index (κ2) is 11.2. The second-order valence-electron chi connectivity index (χ2n) is 8.62. The predicted octanol–water partition coefficient (Wildman–Crippen LogP) is 1.39. The lowest BCUT2D eigenvalue weighted by molar-refractivity contribution is -0.172. The van der Waals surface area contributed by atoms with Crippen molar-refractivity contribution in [1.29, 1.82) is 0 Å². The Balaban J connectivity index is 5.94. The van der Waals surface area contributed by atoms with Crippen LogP contribution in [0.4, 0.5) is 0 Å². The predicted molar refractivity (Wildman–Crippen MR) is 115 cm³/mol. The standard InChI is InChI=1S/C18H32N2O8S2/c1-16(2,3)27-14(25)18(9-11(20)13(23)24,15(26)28-17(4,5)6)30-29-8-7-10(19)12(21)22/h10-11H,7-9,19-20H2,1-6H3,(H,21,22)(H,23,24)/t10-,11-/m0/s1. The van der Waals surface area contributed by atoms with Crippen LogP contribution in [0.3, 0.4) is 0 Å². The van der Waals surface area contributed by atoms with E-state index < -0.39 is 58.3 Å². The molecule has 0 aromatic heterocycles. The summed E-state index contributed by atoms with van der Waals surface area (Å²) in [4.78, 5) is 48.4. The van der Waals surface area contributed by atoms with Crippen molar-refractivity contribution in [2.45, 2.75) is 82.4 Å². The van der Waals surface area contributed by atoms with Crippen molar-refractivity contribution in [3.8, 4) is 0 Å². The van der Waals surface area contributed by atoms with Crippen LogP contribution in [0, 0.1) is 0 Å². The van der Waals surface area contributed by atoms with Gasteiger partial charge < -0.3 is 31.2 Å². The third-order valence-corrected chi connectivity index (χ3v) is 6.32. The second-order valence-corrected chi connectivity index (χ2v) is 11.3. The van der Waals surface area contributed by atoms with E-state index in [-0.39, 0.29) is 12.2 Å². The third-order valence-electron chi connectivity index (χ3n) is 3.31. The molecule has 0 aliphatic carbocycles. The van der Waals surface area contributed by atoms with Gasteiger partial charge in [0.15, 0.2) is 0 Å². The highest BCUT2D eigenvalue weighted by Crippen LogP contribution is 2.43. The fourth-order valence-corrected chi connectivity index (χ4v) is 4.77. The Morgan fingerprint density at radius 2 is 1.23 bits per heavy atom. The number of hydrogen-bond donors (Lipinski definition) is 4. The van der Waals surface area contributed by atoms with Crippen LogP contribution in [0.2, 0.25) is 0 Å². The molecule has 0 bridgehead atoms. The Morgan fingerprint density at radius 3 is 1.57 bits per heavy atom. The highest BCUT2D eigenvalue weighted by Gasteiger charge is 2.54. The lowest BCUT2D eigenvalue weighted by atomic mass is 9.98. The van der Waals surface area contributed by atoms with E-state index >= 15 is 0 Å². The van der Waals surface area contributed by atoms with Gasteiger partial charge in [-0.2, -0.15) is 0 Å². The number of ether oxygens (including phenoxy) is 2. The van der Waals surface area contributed by atoms with Crippen LogP contribution in [0.1, 0.15) is 54.4 Å². The molecule has 6 N–H and O–H groups in total. The number of carbonyl (C=O) groups is 4. The minimum atomic E-state index is -2.07. The van der Waals surface area contributed by atoms with Gasteiger partial charge in [0.2, 0.25) is 4.75 Å². The van der Waals surface area contributed by atoms with E-state index in [1.165, 1.54) is 0 Å².